The van der Waals surface area contributed by atoms with Crippen molar-refractivity contribution in [3.63, 3.8) is 0 Å². The highest BCUT2D eigenvalue weighted by atomic mass is 35.5. The molecule has 0 atom stereocenters. The van der Waals surface area contributed by atoms with E-state index in [1.54, 1.807) is 24.3 Å². The summed E-state index contributed by atoms with van der Waals surface area (Å²) < 4.78 is 5.82. The van der Waals surface area contributed by atoms with Gasteiger partial charge in [-0.3, -0.25) is 4.79 Å². The van der Waals surface area contributed by atoms with Gasteiger partial charge in [0.25, 0.3) is 0 Å². The number of phenolic OH excluding ortho intramolecular Hbond substituents is 1. The molecule has 1 aromatic heterocycles. The Hall–Kier alpha value is -2.82. The van der Waals surface area contributed by atoms with E-state index in [0.29, 0.717) is 52.3 Å². The molecule has 0 aliphatic heterocycles. The third-order valence-corrected chi connectivity index (χ3v) is 4.81. The highest BCUT2D eigenvalue weighted by molar-refractivity contribution is 6.33. The van der Waals surface area contributed by atoms with E-state index in [2.05, 4.69) is 13.2 Å². The lowest BCUT2D eigenvalue weighted by Gasteiger charge is -2.17. The molecule has 1 heterocycles. The second-order valence-electron chi connectivity index (χ2n) is 6.31. The normalized spacial score (nSPS) is 11.0. The van der Waals surface area contributed by atoms with Crippen molar-refractivity contribution in [1.82, 2.24) is 0 Å². The van der Waals surface area contributed by atoms with Gasteiger partial charge in [0.15, 0.2) is 0 Å². The largest absolute Gasteiger partial charge is 0.507 e. The Bertz CT molecular complexity index is 1050. The maximum Gasteiger partial charge on any atom is 0.200 e. The maximum atomic E-state index is 13.0. The molecule has 138 valence electrons. The van der Waals surface area contributed by atoms with Gasteiger partial charge in [0.1, 0.15) is 24.1 Å². The van der Waals surface area contributed by atoms with Crippen LogP contribution in [0.4, 0.5) is 0 Å². The Morgan fingerprint density at radius 3 is 2.44 bits per heavy atom. The first kappa shape index (κ1) is 19.0. The number of halogens is 1. The summed E-state index contributed by atoms with van der Waals surface area (Å²) >= 11 is 6.23. The van der Waals surface area contributed by atoms with Crippen LogP contribution in [-0.2, 0) is 6.54 Å². The Kier molecular flexibility index (Phi) is 5.79. The summed E-state index contributed by atoms with van der Waals surface area (Å²) in [6.07, 6.45) is 5.04. The molecule has 0 aliphatic carbocycles. The van der Waals surface area contributed by atoms with Crippen LogP contribution >= 0.6 is 11.6 Å². The van der Waals surface area contributed by atoms with Crippen molar-refractivity contribution in [2.24, 2.45) is 0 Å². The van der Waals surface area contributed by atoms with Crippen molar-refractivity contribution in [3.05, 3.63) is 88.8 Å². The van der Waals surface area contributed by atoms with Crippen LogP contribution < -0.4 is 10.3 Å². The van der Waals surface area contributed by atoms with Crippen LogP contribution in [-0.4, -0.2) is 18.2 Å². The van der Waals surface area contributed by atoms with Crippen LogP contribution in [0.3, 0.4) is 0 Å². The van der Waals surface area contributed by atoms with Gasteiger partial charge in [-0.15, -0.1) is 0 Å². The first-order valence-corrected chi connectivity index (χ1v) is 9.01. The molecule has 27 heavy (non-hydrogen) atoms. The zero-order valence-corrected chi connectivity index (χ0v) is 15.6. The van der Waals surface area contributed by atoms with Crippen molar-refractivity contribution in [2.75, 3.05) is 13.1 Å². The van der Waals surface area contributed by atoms with E-state index in [-0.39, 0.29) is 11.2 Å². The van der Waals surface area contributed by atoms with E-state index in [0.717, 1.165) is 4.90 Å². The van der Waals surface area contributed by atoms with E-state index in [9.17, 15) is 9.90 Å². The van der Waals surface area contributed by atoms with E-state index in [1.165, 1.54) is 12.3 Å². The summed E-state index contributed by atoms with van der Waals surface area (Å²) in [5.41, 5.74) is 1.82. The van der Waals surface area contributed by atoms with Crippen molar-refractivity contribution >= 4 is 22.6 Å². The number of nitrogens with one attached hydrogen (secondary N) is 1. The standard InChI is InChI=1S/C22H20ClNO3/c1-3-11-24(12-4-2)13-17-20(25)10-9-16-21(26)18(14-27-22(16)17)15-7-5-6-8-19(15)23/h3-10,14,25H,1-2,11-13H2/p+1. The van der Waals surface area contributed by atoms with Gasteiger partial charge < -0.3 is 14.4 Å². The Labute approximate surface area is 162 Å². The van der Waals surface area contributed by atoms with Gasteiger partial charge >= 0.3 is 0 Å². The minimum absolute atomic E-state index is 0.0989. The SMILES string of the molecule is C=CC[NH+](CC=C)Cc1c(O)ccc2c(=O)c(-c3ccccc3Cl)coc12. The van der Waals surface area contributed by atoms with Gasteiger partial charge in [0, 0.05) is 10.6 Å². The Balaban J connectivity index is 2.14. The van der Waals surface area contributed by atoms with Crippen LogP contribution in [0.1, 0.15) is 5.56 Å². The van der Waals surface area contributed by atoms with E-state index in [1.807, 2.05) is 18.2 Å². The van der Waals surface area contributed by atoms with E-state index in [4.69, 9.17) is 16.0 Å². The molecule has 0 saturated heterocycles. The van der Waals surface area contributed by atoms with Gasteiger partial charge in [-0.25, -0.2) is 0 Å². The minimum atomic E-state index is -0.181. The van der Waals surface area contributed by atoms with Gasteiger partial charge in [0.05, 0.1) is 29.6 Å². The lowest BCUT2D eigenvalue weighted by molar-refractivity contribution is -0.902. The number of rotatable bonds is 7. The average molecular weight is 383 g/mol. The number of benzene rings is 2. The third kappa shape index (κ3) is 3.82. The fourth-order valence-corrected chi connectivity index (χ4v) is 3.41. The lowest BCUT2D eigenvalue weighted by Crippen LogP contribution is -3.10. The monoisotopic (exact) mass is 382 g/mol. The van der Waals surface area contributed by atoms with Crippen LogP contribution in [0.25, 0.3) is 22.1 Å². The summed E-state index contributed by atoms with van der Waals surface area (Å²) in [6.45, 7) is 9.42. The van der Waals surface area contributed by atoms with Crippen molar-refractivity contribution in [1.29, 1.82) is 0 Å². The molecular weight excluding hydrogens is 362 g/mol. The van der Waals surface area contributed by atoms with E-state index >= 15 is 0 Å². The number of hydrogen-bond donors (Lipinski definition) is 2. The molecule has 0 saturated carbocycles. The molecular formula is C22H21ClNO3+. The first-order valence-electron chi connectivity index (χ1n) is 8.63. The van der Waals surface area contributed by atoms with Gasteiger partial charge in [-0.05, 0) is 30.4 Å². The van der Waals surface area contributed by atoms with Crippen LogP contribution in [0.2, 0.25) is 5.02 Å². The third-order valence-electron chi connectivity index (χ3n) is 4.48. The van der Waals surface area contributed by atoms with Crippen LogP contribution in [0.15, 0.2) is 77.2 Å². The number of hydrogen-bond acceptors (Lipinski definition) is 3. The fraction of sp³-hybridized carbons (Fsp3) is 0.136. The lowest BCUT2D eigenvalue weighted by atomic mass is 10.0. The summed E-state index contributed by atoms with van der Waals surface area (Å²) in [7, 11) is 0. The molecule has 3 rings (SSSR count). The smallest absolute Gasteiger partial charge is 0.200 e. The highest BCUT2D eigenvalue weighted by Crippen LogP contribution is 2.30. The molecule has 3 aromatic rings. The number of aromatic hydroxyl groups is 1. The summed E-state index contributed by atoms with van der Waals surface area (Å²) in [5.74, 6) is 0.0989. The Morgan fingerprint density at radius 1 is 1.07 bits per heavy atom. The predicted molar refractivity (Wildman–Crippen MR) is 109 cm³/mol. The predicted octanol–water partition coefficient (Wildman–Crippen LogP) is 3.58. The molecule has 0 aliphatic rings. The van der Waals surface area contributed by atoms with Crippen LogP contribution in [0, 0.1) is 0 Å². The molecule has 0 spiro atoms. The maximum absolute atomic E-state index is 13.0. The van der Waals surface area contributed by atoms with E-state index < -0.39 is 0 Å². The number of fused-ring (bicyclic) bond motifs is 1. The molecule has 0 fully saturated rings. The van der Waals surface area contributed by atoms with Gasteiger partial charge in [-0.2, -0.15) is 0 Å². The topological polar surface area (TPSA) is 54.9 Å². The molecule has 0 bridgehead atoms. The number of quaternary nitrogens is 1. The highest BCUT2D eigenvalue weighted by Gasteiger charge is 2.19. The van der Waals surface area contributed by atoms with Gasteiger partial charge in [-0.1, -0.05) is 43.0 Å². The molecule has 0 amide bonds. The summed E-state index contributed by atoms with van der Waals surface area (Å²) in [5, 5.41) is 11.3. The zero-order valence-electron chi connectivity index (χ0n) is 14.9. The first-order chi connectivity index (χ1) is 13.1. The molecule has 4 nitrogen and oxygen atoms in total. The quantitative estimate of drug-likeness (QED) is 0.614. The average Bonchev–Trinajstić information content (AvgIpc) is 2.65. The molecule has 0 radical (unpaired) electrons. The zero-order chi connectivity index (χ0) is 19.4. The second kappa shape index (κ2) is 8.25. The van der Waals surface area contributed by atoms with Crippen molar-refractivity contribution < 1.29 is 14.4 Å². The summed E-state index contributed by atoms with van der Waals surface area (Å²) in [6, 6.07) is 10.3. The van der Waals surface area contributed by atoms with Gasteiger partial charge in [0.2, 0.25) is 5.43 Å². The van der Waals surface area contributed by atoms with Crippen molar-refractivity contribution in [3.8, 4) is 16.9 Å². The molecule has 2 aromatic carbocycles. The molecule has 0 unspecified atom stereocenters. The minimum Gasteiger partial charge on any atom is -0.507 e. The molecule has 5 heteroatoms. The number of phenols is 1. The second-order valence-corrected chi connectivity index (χ2v) is 6.72. The Morgan fingerprint density at radius 2 is 1.78 bits per heavy atom. The van der Waals surface area contributed by atoms with Crippen LogP contribution in [0.5, 0.6) is 5.75 Å². The summed E-state index contributed by atoms with van der Waals surface area (Å²) in [4.78, 5) is 14.2. The molecule has 2 N–H and O–H groups in total. The fourth-order valence-electron chi connectivity index (χ4n) is 3.17. The van der Waals surface area contributed by atoms with Crippen molar-refractivity contribution in [2.45, 2.75) is 6.54 Å².